The Balaban J connectivity index is 1.93. The summed E-state index contributed by atoms with van der Waals surface area (Å²) in [5.41, 5.74) is 0.773. The van der Waals surface area contributed by atoms with Crippen LogP contribution in [0.4, 0.5) is 0 Å². The van der Waals surface area contributed by atoms with E-state index < -0.39 is 5.92 Å². The van der Waals surface area contributed by atoms with E-state index in [1.165, 1.54) is 19.3 Å². The summed E-state index contributed by atoms with van der Waals surface area (Å²) in [6.45, 7) is 2.23. The molecule has 0 spiro atoms. The van der Waals surface area contributed by atoms with Crippen LogP contribution in [0.15, 0.2) is 30.3 Å². The average molecular weight is 270 g/mol. The number of carbonyl (C=O) groups excluding carboxylic acids is 1. The Morgan fingerprint density at radius 1 is 1.30 bits per heavy atom. The van der Waals surface area contributed by atoms with Gasteiger partial charge in [-0.05, 0) is 37.2 Å². The van der Waals surface area contributed by atoms with Gasteiger partial charge in [-0.1, -0.05) is 43.7 Å². The zero-order valence-corrected chi connectivity index (χ0v) is 12.0. The van der Waals surface area contributed by atoms with Crippen molar-refractivity contribution < 1.29 is 4.79 Å². The summed E-state index contributed by atoms with van der Waals surface area (Å²) >= 11 is 0. The fourth-order valence-corrected chi connectivity index (χ4v) is 2.93. The molecule has 0 saturated heterocycles. The molecule has 1 unspecified atom stereocenters. The summed E-state index contributed by atoms with van der Waals surface area (Å²) in [4.78, 5) is 12.3. The van der Waals surface area contributed by atoms with Gasteiger partial charge in [0.25, 0.3) is 0 Å². The monoisotopic (exact) mass is 270 g/mol. The van der Waals surface area contributed by atoms with Crippen LogP contribution >= 0.6 is 0 Å². The molecule has 106 valence electrons. The molecule has 2 rings (SSSR count). The highest BCUT2D eigenvalue weighted by atomic mass is 16.1. The molecule has 0 aromatic heterocycles. The van der Waals surface area contributed by atoms with E-state index in [1.807, 2.05) is 30.3 Å². The minimum atomic E-state index is -0.694. The predicted molar refractivity (Wildman–Crippen MR) is 79.0 cm³/mol. The third kappa shape index (κ3) is 3.60. The van der Waals surface area contributed by atoms with E-state index in [9.17, 15) is 10.1 Å². The summed E-state index contributed by atoms with van der Waals surface area (Å²) in [6.07, 6.45) is 5.67. The quantitative estimate of drug-likeness (QED) is 0.912. The van der Waals surface area contributed by atoms with Crippen LogP contribution in [0.3, 0.4) is 0 Å². The Kier molecular flexibility index (Phi) is 5.17. The highest BCUT2D eigenvalue weighted by molar-refractivity contribution is 5.86. The molecule has 1 amide bonds. The Hall–Kier alpha value is -1.82. The summed E-state index contributed by atoms with van der Waals surface area (Å²) in [7, 11) is 0. The first-order valence-corrected chi connectivity index (χ1v) is 7.49. The lowest BCUT2D eigenvalue weighted by atomic mass is 9.84. The molecule has 20 heavy (non-hydrogen) atoms. The fourth-order valence-electron chi connectivity index (χ4n) is 2.93. The highest BCUT2D eigenvalue weighted by Gasteiger charge is 2.25. The fraction of sp³-hybridized carbons (Fsp3) is 0.529. The molecule has 1 saturated carbocycles. The van der Waals surface area contributed by atoms with Gasteiger partial charge in [0.05, 0.1) is 6.07 Å². The third-order valence-corrected chi connectivity index (χ3v) is 4.29. The molecule has 0 heterocycles. The third-order valence-electron chi connectivity index (χ3n) is 4.29. The van der Waals surface area contributed by atoms with Crippen molar-refractivity contribution in [3.8, 4) is 6.07 Å². The molecule has 3 nitrogen and oxygen atoms in total. The van der Waals surface area contributed by atoms with Crippen LogP contribution in [-0.2, 0) is 4.79 Å². The first kappa shape index (κ1) is 14.6. The predicted octanol–water partition coefficient (Wildman–Crippen LogP) is 3.38. The standard InChI is InChI=1S/C17H22N2O/c1-2-13-8-10-15(11-9-13)19-17(20)16(12-18)14-6-4-3-5-7-14/h3-7,13,15-16H,2,8-11H2,1H3,(H,19,20). The van der Waals surface area contributed by atoms with E-state index in [2.05, 4.69) is 18.3 Å². The maximum atomic E-state index is 12.3. The largest absolute Gasteiger partial charge is 0.352 e. The van der Waals surface area contributed by atoms with Crippen molar-refractivity contribution in [3.63, 3.8) is 0 Å². The van der Waals surface area contributed by atoms with Crippen molar-refractivity contribution in [2.75, 3.05) is 0 Å². The van der Waals surface area contributed by atoms with Gasteiger partial charge >= 0.3 is 0 Å². The van der Waals surface area contributed by atoms with Crippen molar-refractivity contribution in [3.05, 3.63) is 35.9 Å². The molecule has 1 aromatic rings. The number of nitrogens with one attached hydrogen (secondary N) is 1. The second kappa shape index (κ2) is 7.09. The topological polar surface area (TPSA) is 52.9 Å². The van der Waals surface area contributed by atoms with E-state index in [1.54, 1.807) is 0 Å². The van der Waals surface area contributed by atoms with E-state index in [4.69, 9.17) is 0 Å². The van der Waals surface area contributed by atoms with Gasteiger partial charge in [-0.15, -0.1) is 0 Å². The van der Waals surface area contributed by atoms with Crippen molar-refractivity contribution in [1.29, 1.82) is 5.26 Å². The van der Waals surface area contributed by atoms with Crippen molar-refractivity contribution >= 4 is 5.91 Å². The molecule has 0 radical (unpaired) electrons. The summed E-state index contributed by atoms with van der Waals surface area (Å²) in [5, 5.41) is 12.3. The summed E-state index contributed by atoms with van der Waals surface area (Å²) in [5.74, 6) is -0.0391. The number of nitriles is 1. The Labute approximate surface area is 121 Å². The van der Waals surface area contributed by atoms with Crippen molar-refractivity contribution in [1.82, 2.24) is 5.32 Å². The maximum absolute atomic E-state index is 12.3. The normalized spacial score (nSPS) is 23.6. The molecular formula is C17H22N2O. The molecule has 1 aliphatic carbocycles. The number of amides is 1. The summed E-state index contributed by atoms with van der Waals surface area (Å²) in [6, 6.07) is 11.6. The zero-order chi connectivity index (χ0) is 14.4. The van der Waals surface area contributed by atoms with Crippen LogP contribution in [-0.4, -0.2) is 11.9 Å². The van der Waals surface area contributed by atoms with Crippen LogP contribution in [0.1, 0.15) is 50.5 Å². The minimum absolute atomic E-state index is 0.154. The number of carbonyl (C=O) groups is 1. The van der Waals surface area contributed by atoms with Gasteiger partial charge in [-0.3, -0.25) is 4.79 Å². The van der Waals surface area contributed by atoms with Gasteiger partial charge in [0.15, 0.2) is 0 Å². The van der Waals surface area contributed by atoms with E-state index >= 15 is 0 Å². The number of rotatable bonds is 4. The Bertz CT molecular complexity index is 470. The average Bonchev–Trinajstić information content (AvgIpc) is 2.50. The van der Waals surface area contributed by atoms with Gasteiger partial charge in [0, 0.05) is 6.04 Å². The van der Waals surface area contributed by atoms with E-state index in [0.29, 0.717) is 0 Å². The number of hydrogen-bond donors (Lipinski definition) is 1. The van der Waals surface area contributed by atoms with Crippen LogP contribution in [0.5, 0.6) is 0 Å². The first-order chi connectivity index (χ1) is 9.74. The number of nitrogens with zero attached hydrogens (tertiary/aromatic N) is 1. The van der Waals surface area contributed by atoms with Gasteiger partial charge in [0.2, 0.25) is 5.91 Å². The van der Waals surface area contributed by atoms with Crippen LogP contribution in [0, 0.1) is 17.2 Å². The molecule has 0 bridgehead atoms. The zero-order valence-electron chi connectivity index (χ0n) is 12.0. The van der Waals surface area contributed by atoms with Crippen LogP contribution in [0.25, 0.3) is 0 Å². The van der Waals surface area contributed by atoms with E-state index in [0.717, 1.165) is 24.3 Å². The molecule has 0 aliphatic heterocycles. The Morgan fingerprint density at radius 2 is 1.95 bits per heavy atom. The van der Waals surface area contributed by atoms with Crippen LogP contribution < -0.4 is 5.32 Å². The first-order valence-electron chi connectivity index (χ1n) is 7.49. The Morgan fingerprint density at radius 3 is 2.50 bits per heavy atom. The number of hydrogen-bond acceptors (Lipinski definition) is 2. The lowest BCUT2D eigenvalue weighted by molar-refractivity contribution is -0.122. The minimum Gasteiger partial charge on any atom is -0.352 e. The lowest BCUT2D eigenvalue weighted by Gasteiger charge is -2.29. The summed E-state index contributed by atoms with van der Waals surface area (Å²) < 4.78 is 0. The SMILES string of the molecule is CCC1CCC(NC(=O)C(C#N)c2ccccc2)CC1. The van der Waals surface area contributed by atoms with Gasteiger partial charge in [-0.25, -0.2) is 0 Å². The molecule has 1 fully saturated rings. The van der Waals surface area contributed by atoms with Gasteiger partial charge in [-0.2, -0.15) is 5.26 Å². The molecule has 3 heteroatoms. The van der Waals surface area contributed by atoms with Gasteiger partial charge in [0.1, 0.15) is 5.92 Å². The molecule has 1 aromatic carbocycles. The molecule has 1 atom stereocenters. The van der Waals surface area contributed by atoms with Crippen LogP contribution in [0.2, 0.25) is 0 Å². The molecule has 1 aliphatic rings. The van der Waals surface area contributed by atoms with Gasteiger partial charge < -0.3 is 5.32 Å². The highest BCUT2D eigenvalue weighted by Crippen LogP contribution is 2.27. The molecular weight excluding hydrogens is 248 g/mol. The maximum Gasteiger partial charge on any atom is 0.242 e. The second-order valence-corrected chi connectivity index (χ2v) is 5.61. The van der Waals surface area contributed by atoms with Crippen molar-refractivity contribution in [2.24, 2.45) is 5.92 Å². The lowest BCUT2D eigenvalue weighted by Crippen LogP contribution is -2.40. The smallest absolute Gasteiger partial charge is 0.242 e. The second-order valence-electron chi connectivity index (χ2n) is 5.61. The number of benzene rings is 1. The van der Waals surface area contributed by atoms with Crippen molar-refractivity contribution in [2.45, 2.75) is 51.0 Å². The molecule has 1 N–H and O–H groups in total. The van der Waals surface area contributed by atoms with E-state index in [-0.39, 0.29) is 11.9 Å².